The molecule has 40 heavy (non-hydrogen) atoms. The van der Waals surface area contributed by atoms with Crippen LogP contribution in [0.1, 0.15) is 53.7 Å². The van der Waals surface area contributed by atoms with Gasteiger partial charge in [0.25, 0.3) is 5.91 Å². The molecular weight excluding hydrogens is 513 g/mol. The molecule has 0 aliphatic heterocycles. The Bertz CT molecular complexity index is 1690. The summed E-state index contributed by atoms with van der Waals surface area (Å²) in [5.41, 5.74) is 2.65. The molecule has 0 aliphatic carbocycles. The summed E-state index contributed by atoms with van der Waals surface area (Å²) in [5, 5.41) is 7.14. The summed E-state index contributed by atoms with van der Waals surface area (Å²) in [7, 11) is 1.54. The number of ketones is 1. The van der Waals surface area contributed by atoms with Crippen LogP contribution in [0, 0.1) is 5.82 Å². The van der Waals surface area contributed by atoms with Crippen LogP contribution in [0.2, 0.25) is 0 Å². The Morgan fingerprint density at radius 3 is 2.50 bits per heavy atom. The van der Waals surface area contributed by atoms with Gasteiger partial charge in [-0.25, -0.2) is 4.39 Å². The molecule has 0 saturated carbocycles. The van der Waals surface area contributed by atoms with E-state index >= 15 is 0 Å². The summed E-state index contributed by atoms with van der Waals surface area (Å²) >= 11 is 0. The number of halogens is 1. The minimum Gasteiger partial charge on any atom is -0.493 e. The number of ether oxygens (including phenoxy) is 1. The fraction of sp³-hybridized carbons (Fsp3) is 0.226. The molecule has 1 N–H and O–H groups in total. The molecule has 0 spiro atoms. The van der Waals surface area contributed by atoms with Crippen LogP contribution in [0.15, 0.2) is 76.0 Å². The van der Waals surface area contributed by atoms with E-state index in [2.05, 4.69) is 15.5 Å². The van der Waals surface area contributed by atoms with E-state index in [1.54, 1.807) is 30.3 Å². The highest BCUT2D eigenvalue weighted by molar-refractivity contribution is 6.12. The van der Waals surface area contributed by atoms with E-state index in [0.29, 0.717) is 57.2 Å². The van der Waals surface area contributed by atoms with Gasteiger partial charge in [0.05, 0.1) is 12.2 Å². The van der Waals surface area contributed by atoms with Crippen molar-refractivity contribution in [2.45, 2.75) is 32.6 Å². The Morgan fingerprint density at radius 2 is 1.82 bits per heavy atom. The number of furan rings is 1. The molecule has 2 aromatic heterocycles. The van der Waals surface area contributed by atoms with Crippen LogP contribution < -0.4 is 10.1 Å². The maximum absolute atomic E-state index is 13.6. The lowest BCUT2D eigenvalue weighted by Gasteiger charge is -2.19. The van der Waals surface area contributed by atoms with Crippen molar-refractivity contribution in [3.05, 3.63) is 89.8 Å². The van der Waals surface area contributed by atoms with Crippen LogP contribution in [0.3, 0.4) is 0 Å². The first-order valence-corrected chi connectivity index (χ1v) is 12.8. The SMILES string of the molecule is CCOc1cc2oc(-c3ccc(F)cc3)c(C(=O)NC)c2cc1-c1cccc(C(=O)CC(C)(C)c2ncon2)c1. The van der Waals surface area contributed by atoms with Gasteiger partial charge in [-0.1, -0.05) is 37.2 Å². The number of carbonyl (C=O) groups excluding carboxylic acids is 2. The summed E-state index contributed by atoms with van der Waals surface area (Å²) in [6, 6.07) is 16.6. The third kappa shape index (κ3) is 5.10. The first-order valence-electron chi connectivity index (χ1n) is 12.8. The molecule has 0 unspecified atom stereocenters. The van der Waals surface area contributed by atoms with Crippen LogP contribution in [-0.2, 0) is 5.41 Å². The number of amides is 1. The number of Topliss-reactive ketones (excluding diaryl/α,β-unsaturated/α-hetero) is 1. The molecule has 3 aromatic carbocycles. The van der Waals surface area contributed by atoms with Crippen molar-refractivity contribution in [3.8, 4) is 28.2 Å². The van der Waals surface area contributed by atoms with Gasteiger partial charge in [0.15, 0.2) is 11.6 Å². The second-order valence-corrected chi connectivity index (χ2v) is 9.99. The summed E-state index contributed by atoms with van der Waals surface area (Å²) in [5.74, 6) is 0.498. The molecule has 5 aromatic rings. The number of rotatable bonds is 9. The van der Waals surface area contributed by atoms with E-state index in [-0.39, 0.29) is 18.1 Å². The molecule has 204 valence electrons. The summed E-state index contributed by atoms with van der Waals surface area (Å²) in [6.45, 7) is 6.04. The molecule has 0 aliphatic rings. The minimum atomic E-state index is -0.620. The van der Waals surface area contributed by atoms with Crippen molar-refractivity contribution in [2.75, 3.05) is 13.7 Å². The number of nitrogens with one attached hydrogen (secondary N) is 1. The quantitative estimate of drug-likeness (QED) is 0.210. The zero-order valence-electron chi connectivity index (χ0n) is 22.6. The van der Waals surface area contributed by atoms with Crippen LogP contribution >= 0.6 is 0 Å². The molecule has 0 atom stereocenters. The average molecular weight is 542 g/mol. The van der Waals surface area contributed by atoms with Crippen molar-refractivity contribution in [3.63, 3.8) is 0 Å². The molecule has 1 amide bonds. The van der Waals surface area contributed by atoms with Crippen molar-refractivity contribution in [1.29, 1.82) is 0 Å². The first kappa shape index (κ1) is 26.8. The van der Waals surface area contributed by atoms with Gasteiger partial charge in [-0.05, 0) is 48.9 Å². The van der Waals surface area contributed by atoms with E-state index in [0.717, 1.165) is 5.56 Å². The lowest BCUT2D eigenvalue weighted by molar-refractivity contribution is 0.0950. The van der Waals surface area contributed by atoms with Crippen molar-refractivity contribution in [1.82, 2.24) is 15.5 Å². The van der Waals surface area contributed by atoms with Gasteiger partial charge in [0, 0.05) is 47.0 Å². The van der Waals surface area contributed by atoms with Crippen LogP contribution in [0.4, 0.5) is 4.39 Å². The fourth-order valence-electron chi connectivity index (χ4n) is 4.69. The van der Waals surface area contributed by atoms with Gasteiger partial charge < -0.3 is 19.0 Å². The molecule has 0 bridgehead atoms. The van der Waals surface area contributed by atoms with E-state index in [1.165, 1.54) is 25.6 Å². The number of hydrogen-bond acceptors (Lipinski definition) is 7. The monoisotopic (exact) mass is 541 g/mol. The number of carbonyl (C=O) groups is 2. The molecule has 5 rings (SSSR count). The second-order valence-electron chi connectivity index (χ2n) is 9.99. The van der Waals surface area contributed by atoms with Crippen molar-refractivity contribution < 1.29 is 27.7 Å². The largest absolute Gasteiger partial charge is 0.493 e. The van der Waals surface area contributed by atoms with E-state index in [1.807, 2.05) is 39.0 Å². The van der Waals surface area contributed by atoms with E-state index in [9.17, 15) is 14.0 Å². The van der Waals surface area contributed by atoms with Gasteiger partial charge in [0.2, 0.25) is 6.39 Å². The van der Waals surface area contributed by atoms with Crippen LogP contribution in [0.25, 0.3) is 33.4 Å². The Kier molecular flexibility index (Phi) is 7.21. The molecule has 2 heterocycles. The standard InChI is InChI=1S/C31H28FN3O5/c1-5-38-25-15-26-23(27(29(37)33-4)28(40-26)18-9-11-21(32)12-10-18)14-22(25)19-7-6-8-20(13-19)24(36)16-31(2,3)30-34-17-39-35-30/h6-15,17H,5,16H2,1-4H3,(H,33,37). The number of nitrogens with zero attached hydrogens (tertiary/aromatic N) is 2. The molecule has 0 saturated heterocycles. The van der Waals surface area contributed by atoms with Crippen molar-refractivity contribution in [2.24, 2.45) is 0 Å². The Balaban J connectivity index is 1.61. The van der Waals surface area contributed by atoms with Gasteiger partial charge in [-0.2, -0.15) is 4.98 Å². The Labute approximate surface area is 230 Å². The molecule has 8 nitrogen and oxygen atoms in total. The lowest BCUT2D eigenvalue weighted by atomic mass is 9.84. The lowest BCUT2D eigenvalue weighted by Crippen LogP contribution is -2.23. The minimum absolute atomic E-state index is 0.0800. The Hall–Kier alpha value is -4.79. The van der Waals surface area contributed by atoms with E-state index in [4.69, 9.17) is 13.7 Å². The first-order chi connectivity index (χ1) is 19.2. The summed E-state index contributed by atoms with van der Waals surface area (Å²) in [4.78, 5) is 30.5. The van der Waals surface area contributed by atoms with Gasteiger partial charge in [0.1, 0.15) is 22.9 Å². The highest BCUT2D eigenvalue weighted by atomic mass is 19.1. The van der Waals surface area contributed by atoms with Crippen LogP contribution in [0.5, 0.6) is 5.75 Å². The highest BCUT2D eigenvalue weighted by Gasteiger charge is 2.29. The fourth-order valence-corrected chi connectivity index (χ4v) is 4.69. The van der Waals surface area contributed by atoms with Crippen LogP contribution in [-0.4, -0.2) is 35.5 Å². The molecule has 9 heteroatoms. The predicted molar refractivity (Wildman–Crippen MR) is 148 cm³/mol. The maximum atomic E-state index is 13.6. The summed E-state index contributed by atoms with van der Waals surface area (Å²) < 4.78 is 30.6. The third-order valence-corrected chi connectivity index (χ3v) is 6.72. The van der Waals surface area contributed by atoms with Gasteiger partial charge in [-0.15, -0.1) is 0 Å². The van der Waals surface area contributed by atoms with Gasteiger partial charge >= 0.3 is 0 Å². The second kappa shape index (κ2) is 10.8. The third-order valence-electron chi connectivity index (χ3n) is 6.72. The smallest absolute Gasteiger partial charge is 0.255 e. The number of benzene rings is 3. The van der Waals surface area contributed by atoms with Crippen molar-refractivity contribution >= 4 is 22.7 Å². The van der Waals surface area contributed by atoms with E-state index < -0.39 is 11.2 Å². The zero-order chi connectivity index (χ0) is 28.4. The normalized spacial score (nSPS) is 11.5. The molecule has 0 fully saturated rings. The summed E-state index contributed by atoms with van der Waals surface area (Å²) in [6.07, 6.45) is 1.43. The van der Waals surface area contributed by atoms with Gasteiger partial charge in [-0.3, -0.25) is 9.59 Å². The molecule has 0 radical (unpaired) electrons. The maximum Gasteiger partial charge on any atom is 0.255 e. The zero-order valence-corrected chi connectivity index (χ0v) is 22.6. The average Bonchev–Trinajstić information content (AvgIpc) is 3.62. The Morgan fingerprint density at radius 1 is 1.05 bits per heavy atom. The molecular formula is C31H28FN3O5. The predicted octanol–water partition coefficient (Wildman–Crippen LogP) is 6.60. The number of aromatic nitrogens is 2. The topological polar surface area (TPSA) is 107 Å². The number of hydrogen-bond donors (Lipinski definition) is 1. The highest BCUT2D eigenvalue weighted by Crippen LogP contribution is 2.41. The number of fused-ring (bicyclic) bond motifs is 1.